The average Bonchev–Trinajstić information content (AvgIpc) is 1.60. The quantitative estimate of drug-likeness (QED) is 0.610. The van der Waals surface area contributed by atoms with E-state index in [1.54, 1.807) is 0 Å². The van der Waals surface area contributed by atoms with Crippen LogP contribution < -0.4 is 9.86 Å². The fraction of sp³-hybridized carbons (Fsp3) is 0.667. The molecule has 0 spiro atoms. The lowest BCUT2D eigenvalue weighted by molar-refractivity contribution is -0.118. The van der Waals surface area contributed by atoms with Crippen LogP contribution in [0.5, 0.6) is 0 Å². The Balaban J connectivity index is 0. The number of halogens is 2. The molecule has 0 rings (SSSR count). The molecule has 11 heavy (non-hydrogen) atoms. The Hall–Kier alpha value is -0.0400. The summed E-state index contributed by atoms with van der Waals surface area (Å²) in [5.74, 6) is -0.829. The predicted molar refractivity (Wildman–Crippen MR) is 43.8 cm³/mol. The van der Waals surface area contributed by atoms with Crippen LogP contribution in [0.4, 0.5) is 0 Å². The van der Waals surface area contributed by atoms with Crippen LogP contribution in [0.1, 0.15) is 6.92 Å². The van der Waals surface area contributed by atoms with Crippen LogP contribution in [0.2, 0.25) is 0 Å². The van der Waals surface area contributed by atoms with Crippen LogP contribution in [0.25, 0.3) is 0 Å². The molecular formula is C3H8Cl2N2O3S. The largest absolute Gasteiger partial charge is 0.298 e. The first-order chi connectivity index (χ1) is 4.33. The molecule has 0 aliphatic carbocycles. The molecule has 1 atom stereocenters. The standard InChI is InChI=1S/C3H7ClN2O3S.ClH/c1-2(4)3(7)6-10(5,8)9;/h2H,1H3,(H,6,7)(H2,5,8,9);1H. The van der Waals surface area contributed by atoms with Crippen LogP contribution in [0, 0.1) is 0 Å². The zero-order valence-electron chi connectivity index (χ0n) is 5.57. The van der Waals surface area contributed by atoms with Gasteiger partial charge in [0.15, 0.2) is 0 Å². The van der Waals surface area contributed by atoms with Crippen molar-refractivity contribution in [1.82, 2.24) is 4.72 Å². The van der Waals surface area contributed by atoms with Crippen molar-refractivity contribution in [2.45, 2.75) is 12.3 Å². The van der Waals surface area contributed by atoms with E-state index in [9.17, 15) is 13.2 Å². The molecule has 68 valence electrons. The number of carbonyl (C=O) groups excluding carboxylic acids is 1. The summed E-state index contributed by atoms with van der Waals surface area (Å²) >= 11 is 5.20. The van der Waals surface area contributed by atoms with Gasteiger partial charge in [-0.3, -0.25) is 4.79 Å². The molecule has 5 nitrogen and oxygen atoms in total. The van der Waals surface area contributed by atoms with Crippen molar-refractivity contribution >= 4 is 40.1 Å². The molecule has 0 aromatic rings. The van der Waals surface area contributed by atoms with E-state index in [0.717, 1.165) is 0 Å². The lowest BCUT2D eigenvalue weighted by Gasteiger charge is -2.01. The van der Waals surface area contributed by atoms with Crippen LogP contribution in [0.15, 0.2) is 0 Å². The van der Waals surface area contributed by atoms with E-state index in [4.69, 9.17) is 11.6 Å². The van der Waals surface area contributed by atoms with Gasteiger partial charge in [-0.05, 0) is 6.92 Å². The van der Waals surface area contributed by atoms with E-state index in [0.29, 0.717) is 0 Å². The number of carbonyl (C=O) groups is 1. The van der Waals surface area contributed by atoms with Crippen LogP contribution in [-0.4, -0.2) is 19.7 Å². The van der Waals surface area contributed by atoms with Gasteiger partial charge in [0.2, 0.25) is 0 Å². The van der Waals surface area contributed by atoms with E-state index in [1.807, 2.05) is 0 Å². The molecule has 3 N–H and O–H groups in total. The molecule has 1 unspecified atom stereocenters. The molecule has 0 aliphatic heterocycles. The Kier molecular flexibility index (Phi) is 5.86. The van der Waals surface area contributed by atoms with Gasteiger partial charge in [-0.2, -0.15) is 8.42 Å². The topological polar surface area (TPSA) is 89.3 Å². The van der Waals surface area contributed by atoms with Crippen molar-refractivity contribution in [3.8, 4) is 0 Å². The second-order valence-corrected chi connectivity index (χ2v) is 3.58. The van der Waals surface area contributed by atoms with Gasteiger partial charge in [0.05, 0.1) is 0 Å². The minimum Gasteiger partial charge on any atom is -0.272 e. The fourth-order valence-electron chi connectivity index (χ4n) is 0.221. The van der Waals surface area contributed by atoms with Gasteiger partial charge in [0.25, 0.3) is 16.1 Å². The van der Waals surface area contributed by atoms with Crippen molar-refractivity contribution < 1.29 is 13.2 Å². The number of amides is 1. The minimum absolute atomic E-state index is 0. The number of nitrogens with two attached hydrogens (primary N) is 1. The Morgan fingerprint density at radius 3 is 2.09 bits per heavy atom. The summed E-state index contributed by atoms with van der Waals surface area (Å²) in [7, 11) is -3.95. The molecule has 0 aromatic heterocycles. The maximum Gasteiger partial charge on any atom is 0.298 e. The fourth-order valence-corrected chi connectivity index (χ4v) is 0.798. The number of alkyl halides is 1. The van der Waals surface area contributed by atoms with E-state index in [2.05, 4.69) is 5.14 Å². The Morgan fingerprint density at radius 2 is 2.00 bits per heavy atom. The Labute approximate surface area is 75.9 Å². The summed E-state index contributed by atoms with van der Waals surface area (Å²) in [6.07, 6.45) is 0. The number of nitrogens with one attached hydrogen (secondary N) is 1. The highest BCUT2D eigenvalue weighted by molar-refractivity contribution is 7.87. The molecular weight excluding hydrogens is 215 g/mol. The van der Waals surface area contributed by atoms with E-state index in [-0.39, 0.29) is 12.4 Å². The third-order valence-corrected chi connectivity index (χ3v) is 1.29. The van der Waals surface area contributed by atoms with Crippen LogP contribution in [-0.2, 0) is 15.0 Å². The highest BCUT2D eigenvalue weighted by atomic mass is 35.5. The molecule has 0 saturated heterocycles. The molecule has 0 fully saturated rings. The molecule has 0 bridgehead atoms. The van der Waals surface area contributed by atoms with Gasteiger partial charge in [-0.15, -0.1) is 24.0 Å². The molecule has 8 heteroatoms. The van der Waals surface area contributed by atoms with Crippen molar-refractivity contribution in [3.05, 3.63) is 0 Å². The van der Waals surface area contributed by atoms with Gasteiger partial charge in [-0.1, -0.05) is 0 Å². The maximum atomic E-state index is 10.5. The van der Waals surface area contributed by atoms with Gasteiger partial charge < -0.3 is 0 Å². The second-order valence-electron chi connectivity index (χ2n) is 1.63. The zero-order chi connectivity index (χ0) is 8.36. The molecule has 0 aliphatic rings. The maximum absolute atomic E-state index is 10.5. The number of hydrogen-bond acceptors (Lipinski definition) is 3. The summed E-state index contributed by atoms with van der Waals surface area (Å²) in [5.41, 5.74) is 0. The normalized spacial score (nSPS) is 13.0. The van der Waals surface area contributed by atoms with Gasteiger partial charge in [-0.25, -0.2) is 9.86 Å². The van der Waals surface area contributed by atoms with Gasteiger partial charge >= 0.3 is 0 Å². The minimum atomic E-state index is -3.95. The first-order valence-corrected chi connectivity index (χ1v) is 4.29. The summed E-state index contributed by atoms with van der Waals surface area (Å²) in [6.45, 7) is 1.34. The third-order valence-electron chi connectivity index (χ3n) is 0.604. The predicted octanol–water partition coefficient (Wildman–Crippen LogP) is -0.645. The number of rotatable bonds is 2. The van der Waals surface area contributed by atoms with E-state index < -0.39 is 21.5 Å². The second kappa shape index (κ2) is 4.76. The summed E-state index contributed by atoms with van der Waals surface area (Å²) in [6, 6.07) is 0. The van der Waals surface area contributed by atoms with Crippen molar-refractivity contribution in [2.75, 3.05) is 0 Å². The monoisotopic (exact) mass is 222 g/mol. The highest BCUT2D eigenvalue weighted by Crippen LogP contribution is 1.91. The van der Waals surface area contributed by atoms with E-state index in [1.165, 1.54) is 11.6 Å². The van der Waals surface area contributed by atoms with Crippen molar-refractivity contribution in [1.29, 1.82) is 0 Å². The Morgan fingerprint density at radius 1 is 1.64 bits per heavy atom. The highest BCUT2D eigenvalue weighted by Gasteiger charge is 2.13. The molecule has 0 aromatic carbocycles. The van der Waals surface area contributed by atoms with Gasteiger partial charge in [0.1, 0.15) is 5.38 Å². The molecule has 1 amide bonds. The summed E-state index contributed by atoms with van der Waals surface area (Å²) < 4.78 is 21.8. The van der Waals surface area contributed by atoms with Crippen molar-refractivity contribution in [3.63, 3.8) is 0 Å². The molecule has 0 saturated carbocycles. The van der Waals surface area contributed by atoms with Crippen LogP contribution in [0.3, 0.4) is 0 Å². The lowest BCUT2D eigenvalue weighted by atomic mass is 10.5. The first-order valence-electron chi connectivity index (χ1n) is 2.31. The number of hydrogen-bond donors (Lipinski definition) is 2. The summed E-state index contributed by atoms with van der Waals surface area (Å²) in [5, 5.41) is 3.55. The third kappa shape index (κ3) is 7.86. The lowest BCUT2D eigenvalue weighted by Crippen LogP contribution is -2.39. The smallest absolute Gasteiger partial charge is 0.272 e. The first kappa shape index (κ1) is 13.5. The van der Waals surface area contributed by atoms with Crippen molar-refractivity contribution in [2.24, 2.45) is 5.14 Å². The molecule has 0 radical (unpaired) electrons. The van der Waals surface area contributed by atoms with Crippen LogP contribution >= 0.6 is 24.0 Å². The van der Waals surface area contributed by atoms with Gasteiger partial charge in [0, 0.05) is 0 Å². The Bertz CT molecular complexity index is 225. The van der Waals surface area contributed by atoms with E-state index >= 15 is 0 Å². The molecule has 0 heterocycles. The summed E-state index contributed by atoms with van der Waals surface area (Å²) in [4.78, 5) is 10.5. The zero-order valence-corrected chi connectivity index (χ0v) is 7.96. The average molecular weight is 223 g/mol. The SMILES string of the molecule is CC(Cl)C(=O)NS(N)(=O)=O.Cl.